The maximum Gasteiger partial charge on any atom is 0.139 e. The molecule has 5 heteroatoms. The number of pyridine rings is 1. The van der Waals surface area contributed by atoms with Crippen LogP contribution in [-0.4, -0.2) is 33.7 Å². The maximum absolute atomic E-state index is 6.12. The zero-order chi connectivity index (χ0) is 21.5. The summed E-state index contributed by atoms with van der Waals surface area (Å²) in [6, 6.07) is 27.8. The number of nitrogens with two attached hydrogens (primary N) is 1. The minimum atomic E-state index is 0.308. The first-order chi connectivity index (χ1) is 15.8. The van der Waals surface area contributed by atoms with Crippen LogP contribution in [0.15, 0.2) is 85.2 Å². The van der Waals surface area contributed by atoms with Crippen molar-refractivity contribution < 1.29 is 0 Å². The van der Waals surface area contributed by atoms with Gasteiger partial charge < -0.3 is 10.6 Å². The van der Waals surface area contributed by atoms with Gasteiger partial charge in [0.25, 0.3) is 0 Å². The van der Waals surface area contributed by atoms with Crippen LogP contribution in [0.2, 0.25) is 0 Å². The van der Waals surface area contributed by atoms with E-state index in [1.165, 1.54) is 16.8 Å². The maximum atomic E-state index is 6.12. The fourth-order valence-electron chi connectivity index (χ4n) is 4.66. The van der Waals surface area contributed by atoms with Gasteiger partial charge in [0.05, 0.1) is 22.2 Å². The molecule has 0 amide bonds. The molecular formula is C27H25N5. The van der Waals surface area contributed by atoms with Crippen molar-refractivity contribution in [2.45, 2.75) is 18.9 Å². The highest BCUT2D eigenvalue weighted by Gasteiger charge is 2.19. The van der Waals surface area contributed by atoms with Crippen LogP contribution in [0.4, 0.5) is 5.69 Å². The molecule has 0 aliphatic carbocycles. The van der Waals surface area contributed by atoms with E-state index < -0.39 is 0 Å². The van der Waals surface area contributed by atoms with Crippen molar-refractivity contribution in [2.75, 3.05) is 18.0 Å². The summed E-state index contributed by atoms with van der Waals surface area (Å²) < 4.78 is 2.08. The lowest BCUT2D eigenvalue weighted by molar-refractivity contribution is 0.502. The number of aromatic nitrogens is 3. The fourth-order valence-corrected chi connectivity index (χ4v) is 4.66. The third-order valence-electron chi connectivity index (χ3n) is 6.47. The monoisotopic (exact) mass is 419 g/mol. The molecule has 2 aromatic heterocycles. The molecule has 5 aromatic rings. The van der Waals surface area contributed by atoms with E-state index >= 15 is 0 Å². The van der Waals surface area contributed by atoms with Gasteiger partial charge in [0.2, 0.25) is 0 Å². The number of hydrogen-bond acceptors (Lipinski definition) is 4. The van der Waals surface area contributed by atoms with Gasteiger partial charge in [0, 0.05) is 24.5 Å². The number of fused-ring (bicyclic) bond motifs is 2. The summed E-state index contributed by atoms with van der Waals surface area (Å²) in [7, 11) is 0. The molecular weight excluding hydrogens is 394 g/mol. The van der Waals surface area contributed by atoms with E-state index in [-0.39, 0.29) is 0 Å². The van der Waals surface area contributed by atoms with Crippen LogP contribution in [0.1, 0.15) is 12.8 Å². The van der Waals surface area contributed by atoms with Crippen LogP contribution in [0.5, 0.6) is 0 Å². The lowest BCUT2D eigenvalue weighted by Crippen LogP contribution is -2.39. The van der Waals surface area contributed by atoms with Crippen molar-refractivity contribution in [3.05, 3.63) is 85.2 Å². The van der Waals surface area contributed by atoms with E-state index in [4.69, 9.17) is 10.7 Å². The minimum absolute atomic E-state index is 0.308. The quantitative estimate of drug-likeness (QED) is 0.438. The van der Waals surface area contributed by atoms with Crippen LogP contribution >= 0.6 is 0 Å². The highest BCUT2D eigenvalue weighted by molar-refractivity contribution is 5.92. The van der Waals surface area contributed by atoms with Gasteiger partial charge in [-0.3, -0.25) is 4.57 Å². The van der Waals surface area contributed by atoms with Gasteiger partial charge in [0.1, 0.15) is 12.1 Å². The molecule has 1 saturated heterocycles. The Kier molecular flexibility index (Phi) is 4.62. The Morgan fingerprint density at radius 3 is 2.50 bits per heavy atom. The number of hydrogen-bond donors (Lipinski definition) is 1. The number of benzene rings is 3. The number of para-hydroxylation sites is 1. The molecule has 0 radical (unpaired) electrons. The molecule has 0 bridgehead atoms. The zero-order valence-electron chi connectivity index (χ0n) is 17.9. The molecule has 3 heterocycles. The standard InChI is InChI=1S/C27H25N5/c28-22-13-15-31(16-14-22)25-8-4-7-20-10-12-26(30-27(20)25)32-18-29-23-17-21(9-11-24(23)32)19-5-2-1-3-6-19/h1-12,17-18,22H,13-16,28H2. The topological polar surface area (TPSA) is 60.0 Å². The van der Waals surface area contributed by atoms with Crippen LogP contribution in [-0.2, 0) is 0 Å². The molecule has 1 fully saturated rings. The average molecular weight is 420 g/mol. The van der Waals surface area contributed by atoms with Gasteiger partial charge in [-0.15, -0.1) is 0 Å². The molecule has 1 aliphatic heterocycles. The van der Waals surface area contributed by atoms with Gasteiger partial charge in [0.15, 0.2) is 0 Å². The smallest absolute Gasteiger partial charge is 0.139 e. The molecule has 6 rings (SSSR count). The van der Waals surface area contributed by atoms with Crippen molar-refractivity contribution in [1.82, 2.24) is 14.5 Å². The first-order valence-electron chi connectivity index (χ1n) is 11.2. The molecule has 158 valence electrons. The van der Waals surface area contributed by atoms with E-state index in [2.05, 4.69) is 87.2 Å². The molecule has 1 aliphatic rings. The largest absolute Gasteiger partial charge is 0.370 e. The van der Waals surface area contributed by atoms with Crippen molar-refractivity contribution in [1.29, 1.82) is 0 Å². The molecule has 0 spiro atoms. The summed E-state index contributed by atoms with van der Waals surface area (Å²) in [6.07, 6.45) is 3.91. The predicted molar refractivity (Wildman–Crippen MR) is 131 cm³/mol. The molecule has 0 atom stereocenters. The third-order valence-corrected chi connectivity index (χ3v) is 6.47. The first kappa shape index (κ1) is 19.0. The van der Waals surface area contributed by atoms with E-state index in [1.807, 2.05) is 12.4 Å². The van der Waals surface area contributed by atoms with Crippen molar-refractivity contribution in [3.8, 4) is 16.9 Å². The van der Waals surface area contributed by atoms with Crippen molar-refractivity contribution >= 4 is 27.6 Å². The Morgan fingerprint density at radius 1 is 0.812 bits per heavy atom. The van der Waals surface area contributed by atoms with Crippen LogP contribution in [0, 0.1) is 0 Å². The number of anilines is 1. The number of piperidine rings is 1. The van der Waals surface area contributed by atoms with Gasteiger partial charge in [-0.25, -0.2) is 9.97 Å². The number of nitrogens with zero attached hydrogens (tertiary/aromatic N) is 4. The Labute approximate surface area is 187 Å². The molecule has 0 unspecified atom stereocenters. The second kappa shape index (κ2) is 7.77. The Hall–Kier alpha value is -3.70. The van der Waals surface area contributed by atoms with E-state index in [0.29, 0.717) is 6.04 Å². The Bertz CT molecular complexity index is 1400. The van der Waals surface area contributed by atoms with Crippen molar-refractivity contribution in [3.63, 3.8) is 0 Å². The number of imidazole rings is 1. The van der Waals surface area contributed by atoms with Gasteiger partial charge >= 0.3 is 0 Å². The minimum Gasteiger partial charge on any atom is -0.370 e. The lowest BCUT2D eigenvalue weighted by atomic mass is 10.0. The zero-order valence-corrected chi connectivity index (χ0v) is 17.9. The average Bonchev–Trinajstić information content (AvgIpc) is 3.28. The molecule has 2 N–H and O–H groups in total. The number of rotatable bonds is 3. The molecule has 5 nitrogen and oxygen atoms in total. The second-order valence-electron chi connectivity index (χ2n) is 8.53. The Morgan fingerprint density at radius 2 is 1.66 bits per heavy atom. The predicted octanol–water partition coefficient (Wildman–Crippen LogP) is 5.17. The summed E-state index contributed by atoms with van der Waals surface area (Å²) >= 11 is 0. The van der Waals surface area contributed by atoms with Gasteiger partial charge in [-0.2, -0.15) is 0 Å². The highest BCUT2D eigenvalue weighted by atomic mass is 15.2. The lowest BCUT2D eigenvalue weighted by Gasteiger charge is -2.32. The fraction of sp³-hybridized carbons (Fsp3) is 0.185. The Balaban J connectivity index is 1.42. The molecule has 3 aromatic carbocycles. The summed E-state index contributed by atoms with van der Waals surface area (Å²) in [5.41, 5.74) is 12.7. The van der Waals surface area contributed by atoms with E-state index in [9.17, 15) is 0 Å². The van der Waals surface area contributed by atoms with Gasteiger partial charge in [-0.05, 0) is 54.3 Å². The van der Waals surface area contributed by atoms with Gasteiger partial charge in [-0.1, -0.05) is 48.5 Å². The normalized spacial score (nSPS) is 15.0. The van der Waals surface area contributed by atoms with E-state index in [0.717, 1.165) is 53.7 Å². The third kappa shape index (κ3) is 3.31. The van der Waals surface area contributed by atoms with Crippen LogP contribution in [0.3, 0.4) is 0 Å². The molecule has 32 heavy (non-hydrogen) atoms. The van der Waals surface area contributed by atoms with Crippen molar-refractivity contribution in [2.24, 2.45) is 5.73 Å². The second-order valence-corrected chi connectivity index (χ2v) is 8.53. The van der Waals surface area contributed by atoms with Crippen LogP contribution < -0.4 is 10.6 Å². The van der Waals surface area contributed by atoms with Crippen LogP contribution in [0.25, 0.3) is 38.9 Å². The SMILES string of the molecule is NC1CCN(c2cccc3ccc(-n4cnc5cc(-c6ccccc6)ccc54)nc23)CC1. The summed E-state index contributed by atoms with van der Waals surface area (Å²) in [5.74, 6) is 0.883. The summed E-state index contributed by atoms with van der Waals surface area (Å²) in [4.78, 5) is 12.2. The summed E-state index contributed by atoms with van der Waals surface area (Å²) in [5, 5.41) is 1.15. The molecule has 0 saturated carbocycles. The summed E-state index contributed by atoms with van der Waals surface area (Å²) in [6.45, 7) is 1.95. The first-order valence-corrected chi connectivity index (χ1v) is 11.2. The van der Waals surface area contributed by atoms with E-state index in [1.54, 1.807) is 0 Å². The highest BCUT2D eigenvalue weighted by Crippen LogP contribution is 2.30.